The normalized spacial score (nSPS) is 10.9. The number of nitrogens with zero attached hydrogens (tertiary/aromatic N) is 2. The van der Waals surface area contributed by atoms with Gasteiger partial charge in [-0.1, -0.05) is 18.2 Å². The van der Waals surface area contributed by atoms with Crippen LogP contribution in [0.4, 0.5) is 15.3 Å². The zero-order chi connectivity index (χ0) is 16.2. The van der Waals surface area contributed by atoms with Crippen LogP contribution in [0.25, 0.3) is 0 Å². The van der Waals surface area contributed by atoms with Crippen molar-refractivity contribution in [3.05, 3.63) is 42.7 Å². The van der Waals surface area contributed by atoms with Crippen molar-refractivity contribution in [2.45, 2.75) is 26.4 Å². The zero-order valence-corrected chi connectivity index (χ0v) is 12.6. The number of benzene rings is 1. The minimum absolute atomic E-state index is 0.326. The molecule has 0 spiro atoms. The number of ether oxygens (including phenoxy) is 2. The van der Waals surface area contributed by atoms with E-state index >= 15 is 0 Å². The Morgan fingerprint density at radius 2 is 1.86 bits per heavy atom. The maximum absolute atomic E-state index is 11.8. The van der Waals surface area contributed by atoms with Gasteiger partial charge < -0.3 is 9.47 Å². The molecule has 2 rings (SSSR count). The second-order valence-corrected chi connectivity index (χ2v) is 5.48. The van der Waals surface area contributed by atoms with E-state index < -0.39 is 17.8 Å². The van der Waals surface area contributed by atoms with Crippen LogP contribution < -0.4 is 10.1 Å². The Hall–Kier alpha value is -2.83. The number of carbonyl (C=O) groups is 2. The van der Waals surface area contributed by atoms with Crippen molar-refractivity contribution in [1.82, 2.24) is 9.78 Å². The molecule has 0 bridgehead atoms. The number of nitrogens with one attached hydrogen (secondary N) is 1. The van der Waals surface area contributed by atoms with E-state index in [2.05, 4.69) is 10.4 Å². The van der Waals surface area contributed by atoms with Crippen LogP contribution in [0.5, 0.6) is 5.75 Å². The monoisotopic (exact) mass is 303 g/mol. The Bertz CT molecular complexity index is 659. The summed E-state index contributed by atoms with van der Waals surface area (Å²) in [7, 11) is 0. The Labute approximate surface area is 127 Å². The first-order valence-electron chi connectivity index (χ1n) is 6.65. The smallest absolute Gasteiger partial charge is 0.435 e. The third-order valence-electron chi connectivity index (χ3n) is 2.36. The summed E-state index contributed by atoms with van der Waals surface area (Å²) in [5, 5.41) is 6.31. The summed E-state index contributed by atoms with van der Waals surface area (Å²) < 4.78 is 11.2. The van der Waals surface area contributed by atoms with Crippen LogP contribution in [-0.2, 0) is 4.74 Å². The fraction of sp³-hybridized carbons (Fsp3) is 0.267. The molecular weight excluding hydrogens is 286 g/mol. The van der Waals surface area contributed by atoms with E-state index in [1.165, 1.54) is 12.4 Å². The summed E-state index contributed by atoms with van der Waals surface area (Å²) >= 11 is 0. The van der Waals surface area contributed by atoms with E-state index in [0.29, 0.717) is 11.4 Å². The second-order valence-electron chi connectivity index (χ2n) is 5.48. The lowest BCUT2D eigenvalue weighted by molar-refractivity contribution is 0.0514. The van der Waals surface area contributed by atoms with E-state index in [4.69, 9.17) is 9.47 Å². The fourth-order valence-electron chi connectivity index (χ4n) is 1.53. The minimum Gasteiger partial charge on any atom is -0.442 e. The van der Waals surface area contributed by atoms with Gasteiger partial charge in [-0.3, -0.25) is 5.32 Å². The van der Waals surface area contributed by atoms with Crippen molar-refractivity contribution in [3.63, 3.8) is 0 Å². The van der Waals surface area contributed by atoms with Gasteiger partial charge in [0.25, 0.3) is 0 Å². The number of aromatic nitrogens is 2. The lowest BCUT2D eigenvalue weighted by Gasteiger charge is -2.18. The van der Waals surface area contributed by atoms with Gasteiger partial charge in [0, 0.05) is 0 Å². The molecule has 1 amide bonds. The molecule has 0 saturated heterocycles. The molecule has 0 saturated carbocycles. The third-order valence-corrected chi connectivity index (χ3v) is 2.36. The van der Waals surface area contributed by atoms with Crippen molar-refractivity contribution < 1.29 is 19.1 Å². The zero-order valence-electron chi connectivity index (χ0n) is 12.6. The highest BCUT2D eigenvalue weighted by molar-refractivity contribution is 5.86. The molecule has 0 unspecified atom stereocenters. The van der Waals surface area contributed by atoms with Gasteiger partial charge in [0.2, 0.25) is 0 Å². The lowest BCUT2D eigenvalue weighted by Crippen LogP contribution is -2.27. The minimum atomic E-state index is -0.671. The first kappa shape index (κ1) is 15.6. The molecule has 7 nitrogen and oxygen atoms in total. The highest BCUT2D eigenvalue weighted by atomic mass is 16.6. The molecule has 1 N–H and O–H groups in total. The predicted molar refractivity (Wildman–Crippen MR) is 79.9 cm³/mol. The first-order valence-corrected chi connectivity index (χ1v) is 6.65. The Balaban J connectivity index is 1.94. The van der Waals surface area contributed by atoms with Crippen LogP contribution in [0.15, 0.2) is 42.7 Å². The maximum atomic E-state index is 11.8. The number of carbonyl (C=O) groups excluding carboxylic acids is 2. The molecule has 0 radical (unpaired) electrons. The molecule has 0 fully saturated rings. The highest BCUT2D eigenvalue weighted by Gasteiger charge is 2.19. The number of hydrogen-bond acceptors (Lipinski definition) is 5. The molecule has 0 aliphatic rings. The number of para-hydroxylation sites is 1. The molecule has 1 heterocycles. The van der Waals surface area contributed by atoms with Gasteiger partial charge in [-0.15, -0.1) is 0 Å². The third kappa shape index (κ3) is 4.62. The lowest BCUT2D eigenvalue weighted by atomic mass is 10.2. The van der Waals surface area contributed by atoms with Gasteiger partial charge in [0.1, 0.15) is 11.4 Å². The average molecular weight is 303 g/mol. The molecule has 0 aliphatic carbocycles. The van der Waals surface area contributed by atoms with Crippen molar-refractivity contribution in [2.24, 2.45) is 0 Å². The van der Waals surface area contributed by atoms with E-state index in [-0.39, 0.29) is 0 Å². The molecule has 0 atom stereocenters. The summed E-state index contributed by atoms with van der Waals surface area (Å²) in [5.41, 5.74) is -0.296. The largest absolute Gasteiger partial charge is 0.442 e. The van der Waals surface area contributed by atoms with Crippen molar-refractivity contribution in [3.8, 4) is 5.75 Å². The van der Waals surface area contributed by atoms with Gasteiger partial charge in [0.05, 0.1) is 18.1 Å². The van der Waals surface area contributed by atoms with E-state index in [1.807, 2.05) is 6.07 Å². The second kappa shape index (κ2) is 6.30. The predicted octanol–water partition coefficient (Wildman–Crippen LogP) is 3.28. The molecule has 7 heteroatoms. The molecule has 22 heavy (non-hydrogen) atoms. The Morgan fingerprint density at radius 3 is 2.50 bits per heavy atom. The van der Waals surface area contributed by atoms with Crippen LogP contribution >= 0.6 is 0 Å². The van der Waals surface area contributed by atoms with Crippen molar-refractivity contribution >= 4 is 17.9 Å². The Morgan fingerprint density at radius 1 is 1.18 bits per heavy atom. The van der Waals surface area contributed by atoms with Crippen LogP contribution in [0.2, 0.25) is 0 Å². The first-order chi connectivity index (χ1) is 10.3. The molecule has 0 aliphatic heterocycles. The highest BCUT2D eigenvalue weighted by Crippen LogP contribution is 2.13. The van der Waals surface area contributed by atoms with Crippen molar-refractivity contribution in [2.75, 3.05) is 5.32 Å². The number of amides is 1. The Kier molecular flexibility index (Phi) is 4.45. The summed E-state index contributed by atoms with van der Waals surface area (Å²) in [5.74, 6) is 0.416. The van der Waals surface area contributed by atoms with E-state index in [0.717, 1.165) is 4.68 Å². The van der Waals surface area contributed by atoms with Gasteiger partial charge in [-0.05, 0) is 32.9 Å². The maximum Gasteiger partial charge on any atom is 0.435 e. The molecular formula is C15H17N3O4. The molecule has 1 aromatic heterocycles. The fourth-order valence-corrected chi connectivity index (χ4v) is 1.53. The van der Waals surface area contributed by atoms with E-state index in [9.17, 15) is 9.59 Å². The van der Waals surface area contributed by atoms with Crippen LogP contribution in [0.3, 0.4) is 0 Å². The summed E-state index contributed by atoms with van der Waals surface area (Å²) in [6, 6.07) is 8.63. The molecule has 1 aromatic carbocycles. The molecule has 116 valence electrons. The number of anilines is 1. The summed E-state index contributed by atoms with van der Waals surface area (Å²) in [6.45, 7) is 5.26. The van der Waals surface area contributed by atoms with Gasteiger partial charge >= 0.3 is 12.2 Å². The van der Waals surface area contributed by atoms with Crippen LogP contribution in [0.1, 0.15) is 20.8 Å². The van der Waals surface area contributed by atoms with Gasteiger partial charge in [0.15, 0.2) is 0 Å². The van der Waals surface area contributed by atoms with Gasteiger partial charge in [-0.2, -0.15) is 9.78 Å². The summed E-state index contributed by atoms with van der Waals surface area (Å²) in [4.78, 5) is 23.5. The quantitative estimate of drug-likeness (QED) is 0.920. The van der Waals surface area contributed by atoms with Gasteiger partial charge in [-0.25, -0.2) is 9.59 Å². The number of hydrogen-bond donors (Lipinski definition) is 1. The standard InChI is InChI=1S/C15H17N3O4/c1-15(2,3)22-14(20)18-10-11(9-16-18)17-13(19)21-12-7-5-4-6-8-12/h4-10H,1-3H3,(H,17,19). The van der Waals surface area contributed by atoms with Crippen LogP contribution in [0, 0.1) is 0 Å². The van der Waals surface area contributed by atoms with E-state index in [1.54, 1.807) is 45.0 Å². The average Bonchev–Trinajstić information content (AvgIpc) is 2.86. The SMILES string of the molecule is CC(C)(C)OC(=O)n1cc(NC(=O)Oc2ccccc2)cn1. The number of rotatable bonds is 2. The molecule has 2 aromatic rings. The van der Waals surface area contributed by atoms with Crippen LogP contribution in [-0.4, -0.2) is 27.6 Å². The summed E-state index contributed by atoms with van der Waals surface area (Å²) in [6.07, 6.45) is 1.38. The van der Waals surface area contributed by atoms with Crippen molar-refractivity contribution in [1.29, 1.82) is 0 Å². The topological polar surface area (TPSA) is 82.5 Å².